The molecule has 1 aliphatic heterocycles. The Balaban J connectivity index is 2.40. The number of nitrogens with one attached hydrogen (secondary N) is 1. The van der Waals surface area contributed by atoms with Crippen molar-refractivity contribution in [3.05, 3.63) is 28.2 Å². The van der Waals surface area contributed by atoms with Crippen LogP contribution in [0.3, 0.4) is 0 Å². The molecule has 3 nitrogen and oxygen atoms in total. The Kier molecular flexibility index (Phi) is 4.30. The van der Waals surface area contributed by atoms with Crippen molar-refractivity contribution in [1.29, 1.82) is 0 Å². The predicted molar refractivity (Wildman–Crippen MR) is 76.1 cm³/mol. The van der Waals surface area contributed by atoms with Crippen LogP contribution in [0.2, 0.25) is 0 Å². The summed E-state index contributed by atoms with van der Waals surface area (Å²) >= 11 is 3.53. The lowest BCUT2D eigenvalue weighted by Gasteiger charge is -2.34. The Morgan fingerprint density at radius 1 is 1.50 bits per heavy atom. The topological polar surface area (TPSA) is 30.5 Å². The van der Waals surface area contributed by atoms with E-state index in [9.17, 15) is 0 Å². The van der Waals surface area contributed by atoms with Gasteiger partial charge in [-0.25, -0.2) is 0 Å². The minimum absolute atomic E-state index is 0.132. The maximum atomic E-state index is 5.95. The second-order valence-corrected chi connectivity index (χ2v) is 5.79. The molecular formula is C14H20BrNO2. The Morgan fingerprint density at radius 3 is 2.83 bits per heavy atom. The third-order valence-electron chi connectivity index (χ3n) is 3.65. The van der Waals surface area contributed by atoms with Crippen LogP contribution in [0.25, 0.3) is 0 Å². The zero-order chi connectivity index (χ0) is 13.2. The van der Waals surface area contributed by atoms with Gasteiger partial charge in [0.15, 0.2) is 0 Å². The van der Waals surface area contributed by atoms with Crippen LogP contribution in [0, 0.1) is 0 Å². The molecule has 0 bridgehead atoms. The van der Waals surface area contributed by atoms with Gasteiger partial charge in [-0.1, -0.05) is 15.9 Å². The molecule has 0 aromatic heterocycles. The first-order valence-corrected chi connectivity index (χ1v) is 7.04. The Morgan fingerprint density at radius 2 is 2.28 bits per heavy atom. The minimum Gasteiger partial charge on any atom is -0.496 e. The summed E-state index contributed by atoms with van der Waals surface area (Å²) in [5, 5.41) is 3.38. The second kappa shape index (κ2) is 5.59. The molecule has 0 saturated carbocycles. The average Bonchev–Trinajstić information content (AvgIpc) is 2.78. The lowest BCUT2D eigenvalue weighted by atomic mass is 9.87. The van der Waals surface area contributed by atoms with E-state index < -0.39 is 0 Å². The summed E-state index contributed by atoms with van der Waals surface area (Å²) in [6, 6.07) is 6.22. The van der Waals surface area contributed by atoms with E-state index >= 15 is 0 Å². The first kappa shape index (κ1) is 13.8. The molecule has 1 heterocycles. The number of halogens is 1. The molecule has 0 amide bonds. The predicted octanol–water partition coefficient (Wildman–Crippen LogP) is 3.29. The Bertz CT molecular complexity index is 416. The number of methoxy groups -OCH3 is 1. The van der Waals surface area contributed by atoms with Crippen molar-refractivity contribution >= 4 is 15.9 Å². The molecule has 0 radical (unpaired) electrons. The number of rotatable bonds is 4. The number of hydrogen-bond donors (Lipinski definition) is 1. The van der Waals surface area contributed by atoms with Gasteiger partial charge in [0.25, 0.3) is 0 Å². The molecule has 4 heteroatoms. The summed E-state index contributed by atoms with van der Waals surface area (Å²) < 4.78 is 12.5. The van der Waals surface area contributed by atoms with E-state index in [0.29, 0.717) is 0 Å². The standard InChI is InChI=1S/C14H20BrNO2/c1-14(7-4-8-18-14)13(16-2)11-9-10(15)5-6-12(11)17-3/h5-6,9,13,16H,4,7-8H2,1-3H3. The van der Waals surface area contributed by atoms with Gasteiger partial charge in [-0.2, -0.15) is 0 Å². The Hall–Kier alpha value is -0.580. The molecule has 1 aliphatic rings. The van der Waals surface area contributed by atoms with Gasteiger partial charge in [-0.3, -0.25) is 0 Å². The normalized spacial score (nSPS) is 25.1. The second-order valence-electron chi connectivity index (χ2n) is 4.87. The number of ether oxygens (including phenoxy) is 2. The van der Waals surface area contributed by atoms with Crippen LogP contribution in [-0.4, -0.2) is 26.4 Å². The van der Waals surface area contributed by atoms with Gasteiger partial charge >= 0.3 is 0 Å². The van der Waals surface area contributed by atoms with Crippen molar-refractivity contribution in [3.63, 3.8) is 0 Å². The van der Waals surface area contributed by atoms with Crippen LogP contribution < -0.4 is 10.1 Å². The SMILES string of the molecule is CNC(c1cc(Br)ccc1OC)C1(C)CCCO1. The molecule has 1 saturated heterocycles. The zero-order valence-corrected chi connectivity index (χ0v) is 12.7. The van der Waals surface area contributed by atoms with E-state index in [4.69, 9.17) is 9.47 Å². The van der Waals surface area contributed by atoms with Crippen LogP contribution in [0.5, 0.6) is 5.75 Å². The summed E-state index contributed by atoms with van der Waals surface area (Å²) in [5.74, 6) is 0.897. The monoisotopic (exact) mass is 313 g/mol. The average molecular weight is 314 g/mol. The summed E-state index contributed by atoms with van der Waals surface area (Å²) in [6.07, 6.45) is 2.18. The highest BCUT2D eigenvalue weighted by atomic mass is 79.9. The van der Waals surface area contributed by atoms with Gasteiger partial charge in [0.1, 0.15) is 5.75 Å². The maximum absolute atomic E-state index is 5.95. The molecule has 1 aromatic rings. The summed E-state index contributed by atoms with van der Waals surface area (Å²) in [6.45, 7) is 3.01. The number of benzene rings is 1. The quantitative estimate of drug-likeness (QED) is 0.925. The molecule has 100 valence electrons. The van der Waals surface area contributed by atoms with E-state index in [0.717, 1.165) is 35.2 Å². The Labute approximate surface area is 117 Å². The lowest BCUT2D eigenvalue weighted by molar-refractivity contribution is -0.0110. The molecule has 2 atom stereocenters. The van der Waals surface area contributed by atoms with E-state index in [1.165, 1.54) is 0 Å². The molecule has 0 spiro atoms. The largest absolute Gasteiger partial charge is 0.496 e. The fourth-order valence-electron chi connectivity index (χ4n) is 2.75. The van der Waals surface area contributed by atoms with Gasteiger partial charge in [-0.05, 0) is 45.0 Å². The van der Waals surface area contributed by atoms with Gasteiger partial charge < -0.3 is 14.8 Å². The number of hydrogen-bond acceptors (Lipinski definition) is 3. The van der Waals surface area contributed by atoms with Crippen LogP contribution in [-0.2, 0) is 4.74 Å². The van der Waals surface area contributed by atoms with Crippen molar-refractivity contribution in [2.24, 2.45) is 0 Å². The first-order chi connectivity index (χ1) is 8.60. The molecule has 2 unspecified atom stereocenters. The minimum atomic E-state index is -0.164. The highest BCUT2D eigenvalue weighted by Gasteiger charge is 2.39. The molecular weight excluding hydrogens is 294 g/mol. The van der Waals surface area contributed by atoms with Gasteiger partial charge in [-0.15, -0.1) is 0 Å². The van der Waals surface area contributed by atoms with E-state index in [-0.39, 0.29) is 11.6 Å². The lowest BCUT2D eigenvalue weighted by Crippen LogP contribution is -2.39. The van der Waals surface area contributed by atoms with E-state index in [2.05, 4.69) is 34.2 Å². The summed E-state index contributed by atoms with van der Waals surface area (Å²) in [5.41, 5.74) is 0.974. The van der Waals surface area contributed by atoms with Crippen molar-refractivity contribution in [1.82, 2.24) is 5.32 Å². The third kappa shape index (κ3) is 2.56. The van der Waals surface area contributed by atoms with Crippen molar-refractivity contribution in [2.45, 2.75) is 31.4 Å². The highest BCUT2D eigenvalue weighted by molar-refractivity contribution is 9.10. The third-order valence-corrected chi connectivity index (χ3v) is 4.14. The van der Waals surface area contributed by atoms with Crippen LogP contribution in [0.4, 0.5) is 0 Å². The highest BCUT2D eigenvalue weighted by Crippen LogP contribution is 2.41. The maximum Gasteiger partial charge on any atom is 0.123 e. The number of likely N-dealkylation sites (N-methyl/N-ethyl adjacent to an activating group) is 1. The molecule has 0 aliphatic carbocycles. The smallest absolute Gasteiger partial charge is 0.123 e. The molecule has 1 aromatic carbocycles. The van der Waals surface area contributed by atoms with Crippen molar-refractivity contribution < 1.29 is 9.47 Å². The molecule has 1 fully saturated rings. The van der Waals surface area contributed by atoms with Crippen LogP contribution in [0.15, 0.2) is 22.7 Å². The molecule has 18 heavy (non-hydrogen) atoms. The molecule has 1 N–H and O–H groups in total. The van der Waals surface area contributed by atoms with Gasteiger partial charge in [0, 0.05) is 16.6 Å². The first-order valence-electron chi connectivity index (χ1n) is 6.25. The van der Waals surface area contributed by atoms with E-state index in [1.54, 1.807) is 7.11 Å². The van der Waals surface area contributed by atoms with Crippen LogP contribution in [0.1, 0.15) is 31.4 Å². The van der Waals surface area contributed by atoms with E-state index in [1.807, 2.05) is 19.2 Å². The van der Waals surface area contributed by atoms with Crippen molar-refractivity contribution in [2.75, 3.05) is 20.8 Å². The van der Waals surface area contributed by atoms with Gasteiger partial charge in [0.05, 0.1) is 18.8 Å². The zero-order valence-electron chi connectivity index (χ0n) is 11.1. The fraction of sp³-hybridized carbons (Fsp3) is 0.571. The summed E-state index contributed by atoms with van der Waals surface area (Å²) in [7, 11) is 3.68. The molecule has 2 rings (SSSR count). The van der Waals surface area contributed by atoms with Crippen LogP contribution >= 0.6 is 15.9 Å². The fourth-order valence-corrected chi connectivity index (χ4v) is 3.13. The van der Waals surface area contributed by atoms with Crippen molar-refractivity contribution in [3.8, 4) is 5.75 Å². The summed E-state index contributed by atoms with van der Waals surface area (Å²) in [4.78, 5) is 0. The van der Waals surface area contributed by atoms with Gasteiger partial charge in [0.2, 0.25) is 0 Å².